The molecule has 1 saturated heterocycles. The maximum absolute atomic E-state index is 10.9. The van der Waals surface area contributed by atoms with E-state index in [2.05, 4.69) is 22.2 Å². The third-order valence-corrected chi connectivity index (χ3v) is 5.71. The zero-order chi connectivity index (χ0) is 18.8. The first-order chi connectivity index (χ1) is 11.8. The Morgan fingerprint density at radius 3 is 1.84 bits per heavy atom. The zero-order valence-corrected chi connectivity index (χ0v) is 16.9. The maximum Gasteiger partial charge on any atom is 0.409 e. The standard InChI is InChI=1S/C18H36O6S/c1-4-16(3)14-12-10-8-6-7-9-11-13-15-17(22-5-2)18(19)23-25(20,21)24-18/h16-17,19H,4-15H2,1-3H3. The molecule has 0 radical (unpaired) electrons. The molecule has 0 amide bonds. The van der Waals surface area contributed by atoms with Crippen LogP contribution >= 0.6 is 0 Å². The fourth-order valence-corrected chi connectivity index (χ4v) is 3.88. The molecule has 6 nitrogen and oxygen atoms in total. The molecule has 2 unspecified atom stereocenters. The molecule has 0 aromatic rings. The summed E-state index contributed by atoms with van der Waals surface area (Å²) in [5.74, 6) is -1.29. The second-order valence-corrected chi connectivity index (χ2v) is 8.22. The Bertz CT molecular complexity index is 438. The SMILES string of the molecule is CCOC(CCCCCCCCCCC(C)CC)C1(O)OS(=O)(=O)O1. The summed E-state index contributed by atoms with van der Waals surface area (Å²) in [6.45, 7) is 6.71. The molecule has 7 heteroatoms. The predicted molar refractivity (Wildman–Crippen MR) is 97.1 cm³/mol. The van der Waals surface area contributed by atoms with E-state index < -0.39 is 22.5 Å². The molecule has 0 bridgehead atoms. The molecule has 1 aliphatic rings. The lowest BCUT2D eigenvalue weighted by atomic mass is 9.99. The monoisotopic (exact) mass is 380 g/mol. The highest BCUT2D eigenvalue weighted by molar-refractivity contribution is 7.82. The Balaban J connectivity index is 2.04. The second kappa shape index (κ2) is 11.5. The third-order valence-electron chi connectivity index (χ3n) is 4.83. The van der Waals surface area contributed by atoms with Crippen LogP contribution in [0.2, 0.25) is 0 Å². The van der Waals surface area contributed by atoms with Crippen molar-refractivity contribution in [1.29, 1.82) is 0 Å². The summed E-state index contributed by atoms with van der Waals surface area (Å²) in [4.78, 5) is 0. The highest BCUT2D eigenvalue weighted by atomic mass is 32.3. The van der Waals surface area contributed by atoms with Crippen LogP contribution in [-0.4, -0.2) is 32.2 Å². The summed E-state index contributed by atoms with van der Waals surface area (Å²) in [6, 6.07) is 0. The number of aliphatic hydroxyl groups is 1. The smallest absolute Gasteiger partial charge is 0.370 e. The van der Waals surface area contributed by atoms with E-state index in [1.165, 1.54) is 44.9 Å². The summed E-state index contributed by atoms with van der Waals surface area (Å²) < 4.78 is 36.2. The van der Waals surface area contributed by atoms with Crippen molar-refractivity contribution in [3.8, 4) is 0 Å². The van der Waals surface area contributed by atoms with Gasteiger partial charge in [-0.05, 0) is 19.3 Å². The topological polar surface area (TPSA) is 82.1 Å². The van der Waals surface area contributed by atoms with Crippen LogP contribution in [0.4, 0.5) is 0 Å². The van der Waals surface area contributed by atoms with E-state index in [4.69, 9.17) is 4.74 Å². The van der Waals surface area contributed by atoms with Crippen LogP contribution in [0.15, 0.2) is 0 Å². The van der Waals surface area contributed by atoms with Crippen molar-refractivity contribution in [2.24, 2.45) is 5.92 Å². The van der Waals surface area contributed by atoms with Crippen LogP contribution in [-0.2, 0) is 23.5 Å². The lowest BCUT2D eigenvalue weighted by Crippen LogP contribution is -2.59. The molecule has 1 aliphatic heterocycles. The molecule has 150 valence electrons. The van der Waals surface area contributed by atoms with Gasteiger partial charge in [-0.3, -0.25) is 0 Å². The average molecular weight is 381 g/mol. The van der Waals surface area contributed by atoms with Crippen LogP contribution in [0, 0.1) is 5.92 Å². The number of hydrogen-bond donors (Lipinski definition) is 1. The fraction of sp³-hybridized carbons (Fsp3) is 1.00. The molecular formula is C18H36O6S. The van der Waals surface area contributed by atoms with Crippen molar-refractivity contribution in [3.63, 3.8) is 0 Å². The largest absolute Gasteiger partial charge is 0.409 e. The van der Waals surface area contributed by atoms with Gasteiger partial charge in [-0.25, -0.2) is 0 Å². The third kappa shape index (κ3) is 8.82. The highest BCUT2D eigenvalue weighted by Crippen LogP contribution is 2.35. The van der Waals surface area contributed by atoms with Crippen LogP contribution in [0.3, 0.4) is 0 Å². The van der Waals surface area contributed by atoms with Gasteiger partial charge in [0.2, 0.25) is 0 Å². The molecule has 1 fully saturated rings. The molecule has 0 spiro atoms. The average Bonchev–Trinajstić information content (AvgIpc) is 2.53. The number of rotatable bonds is 15. The Kier molecular flexibility index (Phi) is 10.5. The molecule has 0 aromatic heterocycles. The minimum absolute atomic E-state index is 0.358. The van der Waals surface area contributed by atoms with Crippen LogP contribution in [0.25, 0.3) is 0 Å². The van der Waals surface area contributed by atoms with Crippen molar-refractivity contribution >= 4 is 10.4 Å². The lowest BCUT2D eigenvalue weighted by molar-refractivity contribution is -0.372. The van der Waals surface area contributed by atoms with Gasteiger partial charge in [0.1, 0.15) is 6.10 Å². The first-order valence-corrected chi connectivity index (χ1v) is 11.2. The van der Waals surface area contributed by atoms with Gasteiger partial charge < -0.3 is 9.84 Å². The van der Waals surface area contributed by atoms with Gasteiger partial charge in [0, 0.05) is 6.61 Å². The first kappa shape index (κ1) is 22.8. The minimum atomic E-state index is -4.04. The normalized spacial score (nSPS) is 20.8. The number of ether oxygens (including phenoxy) is 1. The van der Waals surface area contributed by atoms with E-state index >= 15 is 0 Å². The van der Waals surface area contributed by atoms with E-state index in [9.17, 15) is 13.5 Å². The van der Waals surface area contributed by atoms with Gasteiger partial charge in [0.25, 0.3) is 0 Å². The molecule has 1 rings (SSSR count). The number of hydrogen-bond acceptors (Lipinski definition) is 6. The molecule has 0 saturated carbocycles. The molecule has 0 aromatic carbocycles. The van der Waals surface area contributed by atoms with Crippen molar-refractivity contribution in [2.45, 2.75) is 103 Å². The Morgan fingerprint density at radius 2 is 1.40 bits per heavy atom. The summed E-state index contributed by atoms with van der Waals surface area (Å²) >= 11 is 0. The van der Waals surface area contributed by atoms with E-state index in [-0.39, 0.29) is 0 Å². The van der Waals surface area contributed by atoms with E-state index in [1.807, 2.05) is 0 Å². The summed E-state index contributed by atoms with van der Waals surface area (Å²) in [5, 5.41) is 9.97. The van der Waals surface area contributed by atoms with Crippen molar-refractivity contribution < 1.29 is 26.6 Å². The minimum Gasteiger partial charge on any atom is -0.370 e. The van der Waals surface area contributed by atoms with Gasteiger partial charge in [0.05, 0.1) is 0 Å². The Hall–Kier alpha value is -0.210. The van der Waals surface area contributed by atoms with Gasteiger partial charge in [-0.1, -0.05) is 78.1 Å². The molecule has 2 atom stereocenters. The van der Waals surface area contributed by atoms with Gasteiger partial charge >= 0.3 is 16.4 Å². The highest BCUT2D eigenvalue weighted by Gasteiger charge is 2.57. The van der Waals surface area contributed by atoms with Crippen LogP contribution in [0.5, 0.6) is 0 Å². The van der Waals surface area contributed by atoms with E-state index in [1.54, 1.807) is 6.92 Å². The molecule has 1 heterocycles. The lowest BCUT2D eigenvalue weighted by Gasteiger charge is -2.39. The van der Waals surface area contributed by atoms with Crippen LogP contribution in [0.1, 0.15) is 91.4 Å². The van der Waals surface area contributed by atoms with E-state index in [0.717, 1.165) is 25.2 Å². The summed E-state index contributed by atoms with van der Waals surface area (Å²) in [5.41, 5.74) is 0. The Labute approximate surface area is 153 Å². The van der Waals surface area contributed by atoms with Crippen molar-refractivity contribution in [3.05, 3.63) is 0 Å². The summed E-state index contributed by atoms with van der Waals surface area (Å²) in [7, 11) is -4.04. The van der Waals surface area contributed by atoms with Gasteiger partial charge in [0.15, 0.2) is 0 Å². The van der Waals surface area contributed by atoms with E-state index in [0.29, 0.717) is 13.0 Å². The fourth-order valence-electron chi connectivity index (χ4n) is 3.07. The molecular weight excluding hydrogens is 344 g/mol. The van der Waals surface area contributed by atoms with Gasteiger partial charge in [-0.15, -0.1) is 0 Å². The molecule has 1 N–H and O–H groups in total. The quantitative estimate of drug-likeness (QED) is 0.427. The maximum atomic E-state index is 10.9. The molecule has 25 heavy (non-hydrogen) atoms. The summed E-state index contributed by atoms with van der Waals surface area (Å²) in [6.07, 6.45) is 11.8. The molecule has 0 aliphatic carbocycles. The Morgan fingerprint density at radius 1 is 0.920 bits per heavy atom. The van der Waals surface area contributed by atoms with Gasteiger partial charge in [-0.2, -0.15) is 16.8 Å². The second-order valence-electron chi connectivity index (χ2n) is 7.07. The van der Waals surface area contributed by atoms with Crippen LogP contribution < -0.4 is 0 Å². The first-order valence-electron chi connectivity index (χ1n) is 9.83. The zero-order valence-electron chi connectivity index (χ0n) is 16.0. The van der Waals surface area contributed by atoms with Crippen molar-refractivity contribution in [1.82, 2.24) is 0 Å². The number of unbranched alkanes of at least 4 members (excludes halogenated alkanes) is 7. The van der Waals surface area contributed by atoms with Crippen molar-refractivity contribution in [2.75, 3.05) is 6.61 Å². The predicted octanol–water partition coefficient (Wildman–Crippen LogP) is 4.28.